The molecule has 2 atom stereocenters. The largest absolute Gasteiger partial charge is 0.408 e. The summed E-state index contributed by atoms with van der Waals surface area (Å²) in [6.07, 6.45) is -5.03. The lowest BCUT2D eigenvalue weighted by Crippen LogP contribution is -2.36. The summed E-state index contributed by atoms with van der Waals surface area (Å²) in [6.45, 7) is 6.61. The Morgan fingerprint density at radius 1 is 1.18 bits per heavy atom. The van der Waals surface area contributed by atoms with E-state index in [0.717, 1.165) is 0 Å². The first kappa shape index (κ1) is 22.3. The Bertz CT molecular complexity index is 718. The summed E-state index contributed by atoms with van der Waals surface area (Å²) in [6, 6.07) is -1.88. The van der Waals surface area contributed by atoms with Crippen LogP contribution in [0.15, 0.2) is 5.83 Å². The SMILES string of the molecule is CC[C@@H](Nc1nc(NOC(C)(C)C)nc(C2=C(F)C(O)CCC2)n1)C(F)(F)F. The van der Waals surface area contributed by atoms with Crippen LogP contribution in [-0.2, 0) is 4.84 Å². The van der Waals surface area contributed by atoms with Gasteiger partial charge in [0, 0.05) is 5.57 Å². The fraction of sp³-hybridized carbons (Fsp3) is 0.706. The van der Waals surface area contributed by atoms with Crippen molar-refractivity contribution in [2.24, 2.45) is 0 Å². The molecule has 0 bridgehead atoms. The summed E-state index contributed by atoms with van der Waals surface area (Å²) in [5.74, 6) is -1.46. The van der Waals surface area contributed by atoms with Gasteiger partial charge in [0.1, 0.15) is 18.0 Å². The predicted octanol–water partition coefficient (Wildman–Crippen LogP) is 3.99. The zero-order chi connectivity index (χ0) is 21.1. The summed E-state index contributed by atoms with van der Waals surface area (Å²) >= 11 is 0. The number of aliphatic hydroxyl groups is 1. The van der Waals surface area contributed by atoms with Gasteiger partial charge in [-0.3, -0.25) is 4.84 Å². The molecule has 0 aliphatic heterocycles. The number of rotatable bonds is 6. The van der Waals surface area contributed by atoms with E-state index in [1.54, 1.807) is 20.8 Å². The van der Waals surface area contributed by atoms with Crippen molar-refractivity contribution in [2.45, 2.75) is 77.3 Å². The minimum Gasteiger partial charge on any atom is -0.386 e. The molecule has 2 rings (SSSR count). The minimum atomic E-state index is -4.51. The van der Waals surface area contributed by atoms with E-state index < -0.39 is 29.8 Å². The van der Waals surface area contributed by atoms with Gasteiger partial charge in [0.15, 0.2) is 5.82 Å². The molecule has 28 heavy (non-hydrogen) atoms. The van der Waals surface area contributed by atoms with Crippen LogP contribution < -0.4 is 10.8 Å². The van der Waals surface area contributed by atoms with Crippen LogP contribution in [0.25, 0.3) is 5.57 Å². The van der Waals surface area contributed by atoms with Crippen LogP contribution >= 0.6 is 0 Å². The van der Waals surface area contributed by atoms with Gasteiger partial charge in [0.2, 0.25) is 5.95 Å². The van der Waals surface area contributed by atoms with Gasteiger partial charge in [-0.15, -0.1) is 0 Å². The Morgan fingerprint density at radius 3 is 2.39 bits per heavy atom. The molecule has 1 aliphatic carbocycles. The first-order valence-electron chi connectivity index (χ1n) is 9.01. The summed E-state index contributed by atoms with van der Waals surface area (Å²) in [5, 5.41) is 12.0. The topological polar surface area (TPSA) is 92.2 Å². The van der Waals surface area contributed by atoms with E-state index in [9.17, 15) is 22.7 Å². The standard InChI is InChI=1S/C17H25F4N5O2/c1-5-11(17(19,20)21)22-14-23-13(9-7-6-8-10(27)12(9)18)24-15(25-14)26-28-16(2,3)4/h10-11,27H,5-8H2,1-4H3,(H2,22,23,24,25,26)/t10?,11-/m1/s1. The number of hydrogen-bond donors (Lipinski definition) is 3. The first-order valence-corrected chi connectivity index (χ1v) is 9.01. The lowest BCUT2D eigenvalue weighted by atomic mass is 9.96. The molecule has 11 heteroatoms. The molecule has 1 aromatic rings. The lowest BCUT2D eigenvalue weighted by molar-refractivity contribution is -0.143. The summed E-state index contributed by atoms with van der Waals surface area (Å²) in [4.78, 5) is 17.2. The third-order valence-corrected chi connectivity index (χ3v) is 3.95. The smallest absolute Gasteiger partial charge is 0.386 e. The third-order valence-electron chi connectivity index (χ3n) is 3.95. The van der Waals surface area contributed by atoms with Crippen LogP contribution in [-0.4, -0.2) is 44.0 Å². The average molecular weight is 407 g/mol. The Balaban J connectivity index is 2.42. The molecule has 1 aromatic heterocycles. The van der Waals surface area contributed by atoms with E-state index in [1.807, 2.05) is 0 Å². The zero-order valence-electron chi connectivity index (χ0n) is 16.2. The number of anilines is 2. The Labute approximate surface area is 160 Å². The van der Waals surface area contributed by atoms with Crippen LogP contribution in [0.4, 0.5) is 29.5 Å². The number of aromatic nitrogens is 3. The van der Waals surface area contributed by atoms with E-state index in [1.165, 1.54) is 6.92 Å². The second-order valence-corrected chi connectivity index (χ2v) is 7.50. The molecular weight excluding hydrogens is 382 g/mol. The Kier molecular flexibility index (Phi) is 6.81. The van der Waals surface area contributed by atoms with E-state index in [4.69, 9.17) is 4.84 Å². The van der Waals surface area contributed by atoms with Crippen LogP contribution in [0.5, 0.6) is 0 Å². The normalized spacial score (nSPS) is 19.5. The third kappa shape index (κ3) is 5.99. The summed E-state index contributed by atoms with van der Waals surface area (Å²) in [7, 11) is 0. The van der Waals surface area contributed by atoms with E-state index in [0.29, 0.717) is 6.42 Å². The maximum Gasteiger partial charge on any atom is 0.408 e. The highest BCUT2D eigenvalue weighted by Crippen LogP contribution is 2.33. The summed E-state index contributed by atoms with van der Waals surface area (Å²) < 4.78 is 53.7. The number of allylic oxidation sites excluding steroid dienone is 1. The van der Waals surface area contributed by atoms with Crippen molar-refractivity contribution in [2.75, 3.05) is 10.8 Å². The number of alkyl halides is 3. The zero-order valence-corrected chi connectivity index (χ0v) is 16.2. The van der Waals surface area contributed by atoms with Crippen molar-refractivity contribution in [3.05, 3.63) is 11.7 Å². The molecule has 3 N–H and O–H groups in total. The predicted molar refractivity (Wildman–Crippen MR) is 95.9 cm³/mol. The van der Waals surface area contributed by atoms with Crippen molar-refractivity contribution in [1.29, 1.82) is 0 Å². The lowest BCUT2D eigenvalue weighted by Gasteiger charge is -2.23. The highest BCUT2D eigenvalue weighted by Gasteiger charge is 2.39. The maximum absolute atomic E-state index is 14.4. The molecule has 0 aromatic carbocycles. The molecular formula is C17H25F4N5O2. The van der Waals surface area contributed by atoms with E-state index >= 15 is 0 Å². The molecule has 7 nitrogen and oxygen atoms in total. The van der Waals surface area contributed by atoms with Gasteiger partial charge in [-0.1, -0.05) is 6.92 Å². The highest BCUT2D eigenvalue weighted by molar-refractivity contribution is 5.65. The molecule has 0 saturated heterocycles. The molecule has 0 fully saturated rings. The molecule has 1 aliphatic rings. The van der Waals surface area contributed by atoms with Gasteiger partial charge in [-0.2, -0.15) is 28.1 Å². The number of hydrogen-bond acceptors (Lipinski definition) is 7. The minimum absolute atomic E-state index is 0.0445. The van der Waals surface area contributed by atoms with Gasteiger partial charge < -0.3 is 10.4 Å². The summed E-state index contributed by atoms with van der Waals surface area (Å²) in [5.41, 5.74) is 1.88. The molecule has 0 saturated carbocycles. The molecule has 0 spiro atoms. The fourth-order valence-corrected chi connectivity index (χ4v) is 2.53. The monoisotopic (exact) mass is 407 g/mol. The number of halogens is 4. The van der Waals surface area contributed by atoms with Gasteiger partial charge >= 0.3 is 6.18 Å². The van der Waals surface area contributed by atoms with Crippen LogP contribution in [0.1, 0.15) is 59.2 Å². The van der Waals surface area contributed by atoms with E-state index in [-0.39, 0.29) is 42.6 Å². The van der Waals surface area contributed by atoms with Gasteiger partial charge in [0.25, 0.3) is 5.95 Å². The number of nitrogens with zero attached hydrogens (tertiary/aromatic N) is 3. The molecule has 0 amide bonds. The van der Waals surface area contributed by atoms with Crippen molar-refractivity contribution in [3.63, 3.8) is 0 Å². The number of aliphatic hydroxyl groups excluding tert-OH is 1. The fourth-order valence-electron chi connectivity index (χ4n) is 2.53. The Morgan fingerprint density at radius 2 is 1.82 bits per heavy atom. The number of nitrogens with one attached hydrogen (secondary N) is 2. The van der Waals surface area contributed by atoms with Crippen LogP contribution in [0.3, 0.4) is 0 Å². The highest BCUT2D eigenvalue weighted by atomic mass is 19.4. The quantitative estimate of drug-likeness (QED) is 0.485. The van der Waals surface area contributed by atoms with Gasteiger partial charge in [0.05, 0.1) is 5.60 Å². The molecule has 1 unspecified atom stereocenters. The molecule has 158 valence electrons. The Hall–Kier alpha value is -2.01. The van der Waals surface area contributed by atoms with Crippen LogP contribution in [0.2, 0.25) is 0 Å². The molecule has 0 radical (unpaired) electrons. The maximum atomic E-state index is 14.4. The van der Waals surface area contributed by atoms with Gasteiger partial charge in [-0.05, 0) is 46.5 Å². The van der Waals surface area contributed by atoms with Crippen molar-refractivity contribution in [1.82, 2.24) is 15.0 Å². The van der Waals surface area contributed by atoms with Crippen molar-refractivity contribution >= 4 is 17.5 Å². The second kappa shape index (κ2) is 8.56. The van der Waals surface area contributed by atoms with Gasteiger partial charge in [-0.25, -0.2) is 9.87 Å². The molecule has 1 heterocycles. The average Bonchev–Trinajstić information content (AvgIpc) is 2.58. The van der Waals surface area contributed by atoms with E-state index in [2.05, 4.69) is 25.7 Å². The first-order chi connectivity index (χ1) is 12.9. The second-order valence-electron chi connectivity index (χ2n) is 7.50. The van der Waals surface area contributed by atoms with Crippen molar-refractivity contribution < 1.29 is 27.5 Å². The van der Waals surface area contributed by atoms with Crippen molar-refractivity contribution in [3.8, 4) is 0 Å². The van der Waals surface area contributed by atoms with Crippen LogP contribution in [0, 0.1) is 0 Å².